The van der Waals surface area contributed by atoms with Gasteiger partial charge in [-0.2, -0.15) is 10.4 Å². The van der Waals surface area contributed by atoms with Crippen molar-refractivity contribution in [2.24, 2.45) is 7.05 Å². The average molecular weight is 478 g/mol. The van der Waals surface area contributed by atoms with Gasteiger partial charge in [0.25, 0.3) is 0 Å². The van der Waals surface area contributed by atoms with Crippen molar-refractivity contribution < 1.29 is 9.13 Å². The van der Waals surface area contributed by atoms with Crippen molar-refractivity contribution in [1.29, 1.82) is 5.26 Å². The second kappa shape index (κ2) is 8.10. The number of rotatable bonds is 4. The van der Waals surface area contributed by atoms with Crippen LogP contribution >= 0.6 is 0 Å². The number of aryl methyl sites for hydroxylation is 1. The van der Waals surface area contributed by atoms with E-state index in [9.17, 15) is 5.26 Å². The Labute approximate surface area is 205 Å². The SMILES string of the molecule is CC#Cc1cc(OC2CC2)c(C#N)c(-c2c(-c3ccc4c(c3)nc(N)c3cncn34)cnn2C)c1F. The largest absolute Gasteiger partial charge is 0.489 e. The lowest BCUT2D eigenvalue weighted by Gasteiger charge is -2.15. The molecule has 0 aliphatic heterocycles. The molecule has 0 saturated heterocycles. The monoisotopic (exact) mass is 477 g/mol. The number of anilines is 1. The van der Waals surface area contributed by atoms with Gasteiger partial charge in [-0.05, 0) is 37.5 Å². The Balaban J connectivity index is 1.60. The topological polar surface area (TPSA) is 107 Å². The van der Waals surface area contributed by atoms with Gasteiger partial charge in [-0.1, -0.05) is 12.0 Å². The highest BCUT2D eigenvalue weighted by Crippen LogP contribution is 2.41. The molecule has 0 spiro atoms. The van der Waals surface area contributed by atoms with Crippen LogP contribution in [0.4, 0.5) is 10.2 Å². The molecule has 0 unspecified atom stereocenters. The molecule has 5 aromatic rings. The molecule has 2 N–H and O–H groups in total. The van der Waals surface area contributed by atoms with Crippen molar-refractivity contribution in [2.45, 2.75) is 25.9 Å². The van der Waals surface area contributed by atoms with Crippen LogP contribution in [-0.2, 0) is 7.05 Å². The first kappa shape index (κ1) is 21.6. The maximum absolute atomic E-state index is 15.9. The van der Waals surface area contributed by atoms with Crippen molar-refractivity contribution in [3.05, 3.63) is 59.9 Å². The summed E-state index contributed by atoms with van der Waals surface area (Å²) in [6.07, 6.45) is 6.83. The van der Waals surface area contributed by atoms with Gasteiger partial charge in [0.2, 0.25) is 0 Å². The standard InChI is InChI=1S/C27H20FN7O/c1-3-4-16-10-23(36-17-6-7-17)18(11-29)24(25(16)28)26-19(12-32-34(26)2)15-5-8-21-20(9-15)33-27(30)22-13-31-14-35(21)22/h5,8-10,12-14,17H,6-7H2,1-2H3,(H2,30,33). The number of imidazole rings is 1. The van der Waals surface area contributed by atoms with Gasteiger partial charge in [0.15, 0.2) is 0 Å². The van der Waals surface area contributed by atoms with Crippen molar-refractivity contribution in [2.75, 3.05) is 5.73 Å². The van der Waals surface area contributed by atoms with Crippen LogP contribution in [-0.4, -0.2) is 30.3 Å². The minimum atomic E-state index is -0.586. The predicted molar refractivity (Wildman–Crippen MR) is 133 cm³/mol. The fraction of sp³-hybridized carbons (Fsp3) is 0.185. The lowest BCUT2D eigenvalue weighted by atomic mass is 9.94. The smallest absolute Gasteiger partial charge is 0.150 e. The van der Waals surface area contributed by atoms with E-state index in [1.807, 2.05) is 22.6 Å². The molecule has 1 saturated carbocycles. The molecule has 36 heavy (non-hydrogen) atoms. The van der Waals surface area contributed by atoms with Gasteiger partial charge < -0.3 is 10.5 Å². The summed E-state index contributed by atoms with van der Waals surface area (Å²) in [5.74, 6) is 5.66. The molecule has 0 atom stereocenters. The summed E-state index contributed by atoms with van der Waals surface area (Å²) < 4.78 is 25.4. The molecule has 1 aliphatic rings. The van der Waals surface area contributed by atoms with E-state index >= 15 is 4.39 Å². The minimum absolute atomic E-state index is 0.0286. The fourth-order valence-electron chi connectivity index (χ4n) is 4.44. The molecule has 1 aliphatic carbocycles. The third-order valence-corrected chi connectivity index (χ3v) is 6.28. The summed E-state index contributed by atoms with van der Waals surface area (Å²) in [5, 5.41) is 14.5. The van der Waals surface area contributed by atoms with Crippen molar-refractivity contribution >= 4 is 22.4 Å². The van der Waals surface area contributed by atoms with Crippen LogP contribution < -0.4 is 10.5 Å². The number of nitriles is 1. The number of ether oxygens (including phenoxy) is 1. The zero-order valence-electron chi connectivity index (χ0n) is 19.6. The van der Waals surface area contributed by atoms with Gasteiger partial charge >= 0.3 is 0 Å². The summed E-state index contributed by atoms with van der Waals surface area (Å²) in [6, 6.07) is 9.36. The number of nitrogens with two attached hydrogens (primary N) is 1. The Bertz CT molecular complexity index is 1790. The van der Waals surface area contributed by atoms with E-state index in [1.165, 1.54) is 6.07 Å². The van der Waals surface area contributed by atoms with Crippen LogP contribution in [0.1, 0.15) is 30.9 Å². The minimum Gasteiger partial charge on any atom is -0.489 e. The number of halogens is 1. The highest BCUT2D eigenvalue weighted by atomic mass is 19.1. The summed E-state index contributed by atoms with van der Waals surface area (Å²) in [6.45, 7) is 1.64. The zero-order valence-corrected chi connectivity index (χ0v) is 19.6. The highest BCUT2D eigenvalue weighted by molar-refractivity contribution is 5.91. The number of fused-ring (bicyclic) bond motifs is 3. The van der Waals surface area contributed by atoms with Crippen LogP contribution in [0.2, 0.25) is 0 Å². The van der Waals surface area contributed by atoms with Crippen molar-refractivity contribution in [3.63, 3.8) is 0 Å². The molecule has 3 aromatic heterocycles. The van der Waals surface area contributed by atoms with Crippen molar-refractivity contribution in [3.8, 4) is 46.0 Å². The molecule has 9 heteroatoms. The predicted octanol–water partition coefficient (Wildman–Crippen LogP) is 4.46. The number of hydrogen-bond acceptors (Lipinski definition) is 6. The second-order valence-electron chi connectivity index (χ2n) is 8.67. The summed E-state index contributed by atoms with van der Waals surface area (Å²) >= 11 is 0. The Morgan fingerprint density at radius 1 is 1.19 bits per heavy atom. The summed E-state index contributed by atoms with van der Waals surface area (Å²) in [5.41, 5.74) is 10.6. The number of aromatic nitrogens is 5. The molecular formula is C27H20FN7O. The van der Waals surface area contributed by atoms with E-state index in [4.69, 9.17) is 10.5 Å². The Morgan fingerprint density at radius 2 is 2.03 bits per heavy atom. The van der Waals surface area contributed by atoms with E-state index in [1.54, 1.807) is 37.4 Å². The fourth-order valence-corrected chi connectivity index (χ4v) is 4.44. The highest BCUT2D eigenvalue weighted by Gasteiger charge is 2.30. The van der Waals surface area contributed by atoms with E-state index < -0.39 is 5.82 Å². The number of benzene rings is 2. The molecule has 2 aromatic carbocycles. The number of hydrogen-bond donors (Lipinski definition) is 1. The second-order valence-corrected chi connectivity index (χ2v) is 8.67. The first-order valence-electron chi connectivity index (χ1n) is 11.4. The Hall–Kier alpha value is -4.89. The van der Waals surface area contributed by atoms with Gasteiger partial charge in [0.05, 0.1) is 52.7 Å². The quantitative estimate of drug-likeness (QED) is 0.383. The third kappa shape index (κ3) is 3.33. The first-order valence-corrected chi connectivity index (χ1v) is 11.4. The van der Waals surface area contributed by atoms with E-state index in [2.05, 4.69) is 33.0 Å². The molecule has 1 fully saturated rings. The first-order chi connectivity index (χ1) is 17.5. The molecule has 3 heterocycles. The molecule has 6 rings (SSSR count). The lowest BCUT2D eigenvalue weighted by molar-refractivity contribution is 0.302. The number of nitrogens with zero attached hydrogens (tertiary/aromatic N) is 6. The maximum Gasteiger partial charge on any atom is 0.150 e. The Morgan fingerprint density at radius 3 is 2.78 bits per heavy atom. The van der Waals surface area contributed by atoms with Crippen LogP contribution in [0.15, 0.2) is 43.0 Å². The Kier molecular flexibility index (Phi) is 4.87. The molecule has 0 radical (unpaired) electrons. The maximum atomic E-state index is 15.9. The molecule has 0 bridgehead atoms. The van der Waals surface area contributed by atoms with Crippen LogP contribution in [0.25, 0.3) is 38.9 Å². The van der Waals surface area contributed by atoms with E-state index in [-0.39, 0.29) is 22.8 Å². The van der Waals surface area contributed by atoms with Crippen LogP contribution in [0, 0.1) is 29.0 Å². The van der Waals surface area contributed by atoms with Gasteiger partial charge in [-0.3, -0.25) is 9.08 Å². The summed E-state index contributed by atoms with van der Waals surface area (Å²) in [7, 11) is 1.71. The molecule has 0 amide bonds. The lowest BCUT2D eigenvalue weighted by Crippen LogP contribution is -2.06. The van der Waals surface area contributed by atoms with Gasteiger partial charge in [0, 0.05) is 18.7 Å². The van der Waals surface area contributed by atoms with E-state index in [0.717, 1.165) is 29.4 Å². The third-order valence-electron chi connectivity index (χ3n) is 6.28. The van der Waals surface area contributed by atoms with Crippen molar-refractivity contribution in [1.82, 2.24) is 24.1 Å². The van der Waals surface area contributed by atoms with Gasteiger partial charge in [-0.25, -0.2) is 14.4 Å². The molecule has 8 nitrogen and oxygen atoms in total. The molecule has 176 valence electrons. The normalized spacial score (nSPS) is 12.9. The average Bonchev–Trinajstić information content (AvgIpc) is 3.39. The van der Waals surface area contributed by atoms with Gasteiger partial charge in [0.1, 0.15) is 34.5 Å². The van der Waals surface area contributed by atoms with Crippen LogP contribution in [0.5, 0.6) is 5.75 Å². The molecular weight excluding hydrogens is 457 g/mol. The van der Waals surface area contributed by atoms with Crippen LogP contribution in [0.3, 0.4) is 0 Å². The summed E-state index contributed by atoms with van der Waals surface area (Å²) in [4.78, 5) is 8.71. The number of nitrogen functional groups attached to an aromatic ring is 1. The van der Waals surface area contributed by atoms with E-state index in [0.29, 0.717) is 28.3 Å². The van der Waals surface area contributed by atoms with Gasteiger partial charge in [-0.15, -0.1) is 5.92 Å². The zero-order chi connectivity index (χ0) is 25.0.